The Balaban J connectivity index is 2.06. The zero-order chi connectivity index (χ0) is 17.8. The largest absolute Gasteiger partial charge is 0.396 e. The lowest BCUT2D eigenvalue weighted by Crippen LogP contribution is -2.35. The third-order valence-electron chi connectivity index (χ3n) is 4.24. The van der Waals surface area contributed by atoms with Gasteiger partial charge in [-0.1, -0.05) is 42.4 Å². The maximum absolute atomic E-state index is 12.8. The van der Waals surface area contributed by atoms with Gasteiger partial charge in [-0.2, -0.15) is 0 Å². The van der Waals surface area contributed by atoms with E-state index in [-0.39, 0.29) is 18.6 Å². The molecule has 0 aliphatic rings. The molecule has 0 bridgehead atoms. The number of hydrogen-bond donors (Lipinski definition) is 2. The molecular formula is C19H21N3O3. The number of carbonyl (C=O) groups excluding carboxylic acids is 1. The van der Waals surface area contributed by atoms with E-state index in [4.69, 9.17) is 9.63 Å². The predicted octanol–water partition coefficient (Wildman–Crippen LogP) is 3.09. The Kier molecular flexibility index (Phi) is 5.09. The van der Waals surface area contributed by atoms with Gasteiger partial charge in [-0.25, -0.2) is 4.98 Å². The first-order valence-electron chi connectivity index (χ1n) is 8.38. The molecule has 6 heteroatoms. The maximum atomic E-state index is 12.8. The Morgan fingerprint density at radius 3 is 2.76 bits per heavy atom. The fourth-order valence-electron chi connectivity index (χ4n) is 2.83. The van der Waals surface area contributed by atoms with Gasteiger partial charge in [0.2, 0.25) is 0 Å². The molecule has 3 rings (SSSR count). The molecular weight excluding hydrogens is 318 g/mol. The molecule has 2 heterocycles. The summed E-state index contributed by atoms with van der Waals surface area (Å²) in [7, 11) is 0. The van der Waals surface area contributed by atoms with Crippen molar-refractivity contribution >= 4 is 17.0 Å². The molecule has 0 saturated heterocycles. The van der Waals surface area contributed by atoms with Crippen LogP contribution in [0.1, 0.15) is 35.8 Å². The second-order valence-electron chi connectivity index (χ2n) is 5.96. The lowest BCUT2D eigenvalue weighted by Gasteiger charge is -2.16. The average molecular weight is 339 g/mol. The Hall–Kier alpha value is -2.73. The second-order valence-corrected chi connectivity index (χ2v) is 5.96. The Morgan fingerprint density at radius 2 is 2.08 bits per heavy atom. The summed E-state index contributed by atoms with van der Waals surface area (Å²) >= 11 is 0. The summed E-state index contributed by atoms with van der Waals surface area (Å²) in [5.74, 6) is -0.212. The Bertz CT molecular complexity index is 874. The van der Waals surface area contributed by atoms with Gasteiger partial charge < -0.3 is 14.9 Å². The number of pyridine rings is 1. The van der Waals surface area contributed by atoms with Gasteiger partial charge in [0.15, 0.2) is 0 Å². The molecule has 2 N–H and O–H groups in total. The van der Waals surface area contributed by atoms with Crippen LogP contribution in [0.2, 0.25) is 0 Å². The zero-order valence-corrected chi connectivity index (χ0v) is 14.3. The van der Waals surface area contributed by atoms with Crippen LogP contribution in [0.3, 0.4) is 0 Å². The average Bonchev–Trinajstić information content (AvgIpc) is 3.02. The summed E-state index contributed by atoms with van der Waals surface area (Å²) in [6.07, 6.45) is 1.26. The fraction of sp³-hybridized carbons (Fsp3) is 0.316. The highest BCUT2D eigenvalue weighted by Gasteiger charge is 2.21. The summed E-state index contributed by atoms with van der Waals surface area (Å²) in [5.41, 5.74) is 3.01. The summed E-state index contributed by atoms with van der Waals surface area (Å²) < 4.78 is 5.30. The molecule has 130 valence electrons. The monoisotopic (exact) mass is 339 g/mol. The molecule has 0 fully saturated rings. The van der Waals surface area contributed by atoms with E-state index < -0.39 is 0 Å². The highest BCUT2D eigenvalue weighted by Crippen LogP contribution is 2.27. The van der Waals surface area contributed by atoms with Crippen molar-refractivity contribution in [2.75, 3.05) is 6.61 Å². The molecule has 0 spiro atoms. The topological polar surface area (TPSA) is 88.2 Å². The number of hydrogen-bond acceptors (Lipinski definition) is 5. The van der Waals surface area contributed by atoms with Crippen molar-refractivity contribution in [1.29, 1.82) is 0 Å². The SMILES string of the molecule is CCC(CCO)NC(=O)c1cc(-c2ccccc2)nc2onc(C)c12. The van der Waals surface area contributed by atoms with Crippen molar-refractivity contribution in [2.45, 2.75) is 32.7 Å². The van der Waals surface area contributed by atoms with Crippen LogP contribution in [0.15, 0.2) is 40.9 Å². The molecule has 1 unspecified atom stereocenters. The number of carbonyl (C=O) groups is 1. The van der Waals surface area contributed by atoms with E-state index in [9.17, 15) is 4.79 Å². The molecule has 1 aromatic carbocycles. The van der Waals surface area contributed by atoms with Gasteiger partial charge in [-0.3, -0.25) is 4.79 Å². The van der Waals surface area contributed by atoms with Gasteiger partial charge in [0, 0.05) is 18.2 Å². The first kappa shape index (κ1) is 17.1. The lowest BCUT2D eigenvalue weighted by molar-refractivity contribution is 0.0930. The number of rotatable bonds is 6. The van der Waals surface area contributed by atoms with E-state index in [1.54, 1.807) is 13.0 Å². The summed E-state index contributed by atoms with van der Waals surface area (Å²) in [4.78, 5) is 17.3. The van der Waals surface area contributed by atoms with Gasteiger partial charge in [0.25, 0.3) is 11.6 Å². The standard InChI is InChI=1S/C19H21N3O3/c1-3-14(9-10-23)20-18(24)15-11-16(13-7-5-4-6-8-13)21-19-17(15)12(2)22-25-19/h4-8,11,14,23H,3,9-10H2,1-2H3,(H,20,24). The van der Waals surface area contributed by atoms with E-state index in [0.29, 0.717) is 34.5 Å². The number of aromatic nitrogens is 2. The third kappa shape index (κ3) is 3.53. The minimum absolute atomic E-state index is 0.0338. The Morgan fingerprint density at radius 1 is 1.32 bits per heavy atom. The summed E-state index contributed by atoms with van der Waals surface area (Å²) in [6.45, 7) is 3.80. The van der Waals surface area contributed by atoms with Gasteiger partial charge >= 0.3 is 0 Å². The van der Waals surface area contributed by atoms with Crippen molar-refractivity contribution < 1.29 is 14.4 Å². The van der Waals surface area contributed by atoms with Crippen LogP contribution in [0, 0.1) is 6.92 Å². The van der Waals surface area contributed by atoms with Crippen LogP contribution in [0.5, 0.6) is 0 Å². The molecule has 0 aliphatic carbocycles. The third-order valence-corrected chi connectivity index (χ3v) is 4.24. The molecule has 0 saturated carbocycles. The van der Waals surface area contributed by atoms with Crippen LogP contribution in [0.4, 0.5) is 0 Å². The van der Waals surface area contributed by atoms with Gasteiger partial charge in [-0.15, -0.1) is 0 Å². The van der Waals surface area contributed by atoms with E-state index in [1.165, 1.54) is 0 Å². The van der Waals surface area contributed by atoms with E-state index >= 15 is 0 Å². The van der Waals surface area contributed by atoms with Crippen LogP contribution in [-0.4, -0.2) is 33.8 Å². The fourth-order valence-corrected chi connectivity index (χ4v) is 2.83. The van der Waals surface area contributed by atoms with E-state index in [1.807, 2.05) is 37.3 Å². The van der Waals surface area contributed by atoms with Gasteiger partial charge in [0.05, 0.1) is 22.3 Å². The first-order valence-corrected chi connectivity index (χ1v) is 8.38. The molecule has 1 amide bonds. The maximum Gasteiger partial charge on any atom is 0.259 e. The summed E-state index contributed by atoms with van der Waals surface area (Å²) in [6, 6.07) is 11.3. The smallest absolute Gasteiger partial charge is 0.259 e. The number of fused-ring (bicyclic) bond motifs is 1. The molecule has 6 nitrogen and oxygen atoms in total. The normalized spacial score (nSPS) is 12.3. The van der Waals surface area contributed by atoms with Crippen LogP contribution < -0.4 is 5.32 Å². The lowest BCUT2D eigenvalue weighted by atomic mass is 10.0. The van der Waals surface area contributed by atoms with Crippen LogP contribution in [-0.2, 0) is 0 Å². The van der Waals surface area contributed by atoms with E-state index in [0.717, 1.165) is 12.0 Å². The number of amides is 1. The van der Waals surface area contributed by atoms with Gasteiger partial charge in [0.1, 0.15) is 0 Å². The zero-order valence-electron chi connectivity index (χ0n) is 14.3. The number of nitrogens with zero attached hydrogens (tertiary/aromatic N) is 2. The quantitative estimate of drug-likeness (QED) is 0.720. The van der Waals surface area contributed by atoms with Crippen molar-refractivity contribution in [3.63, 3.8) is 0 Å². The van der Waals surface area contributed by atoms with Crippen LogP contribution >= 0.6 is 0 Å². The molecule has 2 aromatic heterocycles. The van der Waals surface area contributed by atoms with Crippen molar-refractivity contribution in [1.82, 2.24) is 15.5 Å². The van der Waals surface area contributed by atoms with Gasteiger partial charge in [-0.05, 0) is 25.8 Å². The molecule has 0 aliphatic heterocycles. The number of nitrogens with one attached hydrogen (secondary N) is 1. The number of aryl methyl sites for hydroxylation is 1. The van der Waals surface area contributed by atoms with E-state index in [2.05, 4.69) is 15.5 Å². The summed E-state index contributed by atoms with van der Waals surface area (Å²) in [5, 5.41) is 16.7. The highest BCUT2D eigenvalue weighted by atomic mass is 16.5. The molecule has 1 atom stereocenters. The number of aliphatic hydroxyl groups is 1. The van der Waals surface area contributed by atoms with Crippen LogP contribution in [0.25, 0.3) is 22.4 Å². The molecule has 3 aromatic rings. The molecule has 25 heavy (non-hydrogen) atoms. The second kappa shape index (κ2) is 7.44. The first-order chi connectivity index (χ1) is 12.1. The minimum Gasteiger partial charge on any atom is -0.396 e. The number of aliphatic hydroxyl groups excluding tert-OH is 1. The van der Waals surface area contributed by atoms with Crippen molar-refractivity contribution in [2.24, 2.45) is 0 Å². The number of benzene rings is 1. The molecule has 0 radical (unpaired) electrons. The predicted molar refractivity (Wildman–Crippen MR) is 95.2 cm³/mol. The highest BCUT2D eigenvalue weighted by molar-refractivity contribution is 6.07. The minimum atomic E-state index is -0.212. The Labute approximate surface area is 145 Å². The van der Waals surface area contributed by atoms with Crippen molar-refractivity contribution in [3.8, 4) is 11.3 Å². The van der Waals surface area contributed by atoms with Crippen molar-refractivity contribution in [3.05, 3.63) is 47.7 Å².